The third-order valence-corrected chi connectivity index (χ3v) is 15.9. The number of hydrogen-bond donors (Lipinski definition) is 6. The highest BCUT2D eigenvalue weighted by molar-refractivity contribution is 6.07. The van der Waals surface area contributed by atoms with E-state index in [0.717, 1.165) is 43.6 Å². The van der Waals surface area contributed by atoms with Gasteiger partial charge >= 0.3 is 5.97 Å². The Kier molecular flexibility index (Phi) is 31.2. The number of rotatable bonds is 36. The maximum Gasteiger partial charge on any atom is 0.317 e. The molecule has 500 valence electrons. The number of pyridine rings is 1. The van der Waals surface area contributed by atoms with Crippen molar-refractivity contribution in [1.29, 1.82) is 0 Å². The number of unbranched alkanes of at least 4 members (excludes halogenated alkanes) is 3. The molecule has 3 heterocycles. The Morgan fingerprint density at radius 3 is 2.09 bits per heavy atom. The van der Waals surface area contributed by atoms with E-state index in [1.165, 1.54) is 18.5 Å². The zero-order chi connectivity index (χ0) is 65.9. The summed E-state index contributed by atoms with van der Waals surface area (Å²) in [5.41, 5.74) is 11.1. The van der Waals surface area contributed by atoms with Crippen molar-refractivity contribution >= 4 is 77.9 Å². The summed E-state index contributed by atoms with van der Waals surface area (Å²) < 4.78 is 44.1. The first kappa shape index (κ1) is 72.5. The lowest BCUT2D eigenvalue weighted by molar-refractivity contribution is -0.139. The second kappa shape index (κ2) is 39.6. The van der Waals surface area contributed by atoms with Crippen LogP contribution < -0.4 is 31.6 Å². The molecule has 3 atom stereocenters. The van der Waals surface area contributed by atoms with Gasteiger partial charge in [-0.3, -0.25) is 78.7 Å². The molecule has 29 heteroatoms. The van der Waals surface area contributed by atoms with Gasteiger partial charge in [-0.15, -0.1) is 12.3 Å². The summed E-state index contributed by atoms with van der Waals surface area (Å²) in [4.78, 5) is 116. The fraction of sp³-hybridized carbons (Fsp3) is 0.556. The molecule has 2 unspecified atom stereocenters. The van der Waals surface area contributed by atoms with Crippen molar-refractivity contribution in [3.8, 4) is 18.1 Å². The predicted octanol–water partition coefficient (Wildman–Crippen LogP) is 2.09. The van der Waals surface area contributed by atoms with Crippen LogP contribution in [0.15, 0.2) is 70.0 Å². The van der Waals surface area contributed by atoms with Gasteiger partial charge in [-0.25, -0.2) is 14.2 Å². The zero-order valence-electron chi connectivity index (χ0n) is 52.3. The van der Waals surface area contributed by atoms with E-state index in [2.05, 4.69) is 58.0 Å². The summed E-state index contributed by atoms with van der Waals surface area (Å²) in [5.74, 6) is -4.81. The van der Waals surface area contributed by atoms with Crippen LogP contribution in [0.1, 0.15) is 85.7 Å². The molecule has 2 aromatic carbocycles. The Hall–Kier alpha value is -8.56. The molecule has 4 amide bonds. The molecule has 0 spiro atoms. The number of hydrazone groups is 3. The lowest BCUT2D eigenvalue weighted by Crippen LogP contribution is -2.50. The molecular formula is C63H87F2N15O12. The summed E-state index contributed by atoms with van der Waals surface area (Å²) in [7, 11) is 0. The van der Waals surface area contributed by atoms with E-state index < -0.39 is 60.8 Å². The number of carbonyl (C=O) groups excluding carboxylic acids is 7. The number of benzene rings is 2. The topological polar surface area (TPSA) is 314 Å². The Balaban J connectivity index is 0.895. The molecule has 2 saturated heterocycles. The van der Waals surface area contributed by atoms with E-state index in [1.54, 1.807) is 35.5 Å². The highest BCUT2D eigenvalue weighted by Crippen LogP contribution is 2.43. The molecular weight excluding hydrogens is 1200 g/mol. The molecule has 1 saturated carbocycles. The first-order valence-corrected chi connectivity index (χ1v) is 31.1. The molecule has 3 aromatic rings. The van der Waals surface area contributed by atoms with E-state index in [0.29, 0.717) is 127 Å². The number of aromatic nitrogens is 1. The fourth-order valence-electron chi connectivity index (χ4n) is 10.7. The van der Waals surface area contributed by atoms with Crippen LogP contribution >= 0.6 is 0 Å². The van der Waals surface area contributed by atoms with E-state index in [9.17, 15) is 52.2 Å². The predicted molar refractivity (Wildman–Crippen MR) is 339 cm³/mol. The molecule has 27 nitrogen and oxygen atoms in total. The summed E-state index contributed by atoms with van der Waals surface area (Å²) in [6, 6.07) is 13.9. The van der Waals surface area contributed by atoms with Crippen LogP contribution in [0.4, 0.5) is 8.78 Å². The Labute approximate surface area is 535 Å². The van der Waals surface area contributed by atoms with Gasteiger partial charge in [-0.05, 0) is 69.0 Å². The van der Waals surface area contributed by atoms with Crippen molar-refractivity contribution in [2.75, 3.05) is 131 Å². The molecule has 1 aromatic heterocycles. The molecule has 0 bridgehead atoms. The van der Waals surface area contributed by atoms with Gasteiger partial charge in [0, 0.05) is 146 Å². The molecule has 1 aliphatic carbocycles. The molecule has 92 heavy (non-hydrogen) atoms. The van der Waals surface area contributed by atoms with Gasteiger partial charge in [0.25, 0.3) is 18.9 Å². The number of ketones is 1. The van der Waals surface area contributed by atoms with Crippen LogP contribution in [0.25, 0.3) is 10.9 Å². The number of amides is 4. The van der Waals surface area contributed by atoms with E-state index in [-0.39, 0.29) is 69.3 Å². The molecule has 3 fully saturated rings. The number of piperazine rings is 1. The first-order valence-electron chi connectivity index (χ1n) is 31.1. The van der Waals surface area contributed by atoms with Gasteiger partial charge in [-0.1, -0.05) is 36.2 Å². The number of terminal acetylenes is 1. The Morgan fingerprint density at radius 2 is 1.41 bits per heavy atom. The molecule has 3 aliphatic rings. The van der Waals surface area contributed by atoms with Gasteiger partial charge in [0.15, 0.2) is 5.78 Å². The number of carbonyl (C=O) groups is 8. The number of Topliss-reactive ketones (excluding diaryl/α,β-unsaturated/α-hetero) is 1. The highest BCUT2D eigenvalue weighted by Gasteiger charge is 2.48. The van der Waals surface area contributed by atoms with Crippen LogP contribution in [0.2, 0.25) is 0 Å². The van der Waals surface area contributed by atoms with Crippen LogP contribution in [0.3, 0.4) is 0 Å². The molecule has 6 rings (SSSR count). The minimum atomic E-state index is -3.02. The molecule has 6 N–H and O–H groups in total. The number of nitrogens with zero attached hydrogens (tertiary/aromatic N) is 10. The number of ether oxygens (including phenoxy) is 3. The van der Waals surface area contributed by atoms with Crippen molar-refractivity contribution in [3.63, 3.8) is 0 Å². The number of nitrogens with one attached hydrogen (secondary N) is 5. The SMILES string of the molecule is C#C[C@H]1CC(F)(F)CC1C(=O)CNC(=O)c1ccnc2ccc(OCCCCN3CCN(C(=O)CCCCCC(=O)N/N=C\C(C/C=N/NCN/N=C/c4ccc(C)cc4)NC(=O)CN4CCN(COC=O)CCN(COC=O)CCN(CC(=O)O)CC4)CC3)cc12. The van der Waals surface area contributed by atoms with Crippen molar-refractivity contribution in [2.45, 2.75) is 83.1 Å². The number of hydrogen-bond acceptors (Lipinski definition) is 22. The smallest absolute Gasteiger partial charge is 0.317 e. The largest absolute Gasteiger partial charge is 0.494 e. The third-order valence-electron chi connectivity index (χ3n) is 15.9. The Morgan fingerprint density at radius 1 is 0.761 bits per heavy atom. The van der Waals surface area contributed by atoms with Gasteiger partial charge in [0.2, 0.25) is 23.6 Å². The van der Waals surface area contributed by atoms with Crippen LogP contribution in [-0.2, 0) is 43.0 Å². The monoisotopic (exact) mass is 1280 g/mol. The number of alkyl halides is 2. The summed E-state index contributed by atoms with van der Waals surface area (Å²) >= 11 is 0. The number of halogens is 2. The second-order valence-corrected chi connectivity index (χ2v) is 22.8. The fourth-order valence-corrected chi connectivity index (χ4v) is 10.7. The maximum absolute atomic E-state index is 14.0. The number of aliphatic carboxylic acids is 1. The minimum Gasteiger partial charge on any atom is -0.494 e. The van der Waals surface area contributed by atoms with Crippen molar-refractivity contribution in [1.82, 2.24) is 61.3 Å². The van der Waals surface area contributed by atoms with Crippen molar-refractivity contribution < 1.29 is 66.5 Å². The number of carboxylic acid groups (broad SMARTS) is 1. The normalized spacial score (nSPS) is 18.5. The first-order chi connectivity index (χ1) is 44.5. The lowest BCUT2D eigenvalue weighted by Gasteiger charge is -2.34. The van der Waals surface area contributed by atoms with Crippen LogP contribution in [0, 0.1) is 31.1 Å². The number of carboxylic acids is 1. The molecule has 0 radical (unpaired) electrons. The Bertz CT molecular complexity index is 3000. The van der Waals surface area contributed by atoms with Crippen LogP contribution in [-0.4, -0.2) is 250 Å². The third kappa shape index (κ3) is 26.7. The maximum atomic E-state index is 14.0. The van der Waals surface area contributed by atoms with Crippen molar-refractivity contribution in [3.05, 3.63) is 71.4 Å². The average molecular weight is 1280 g/mol. The quantitative estimate of drug-likeness (QED) is 0.0121. The van der Waals surface area contributed by atoms with Gasteiger partial charge in [0.1, 0.15) is 25.9 Å². The minimum absolute atomic E-state index is 0.000321. The van der Waals surface area contributed by atoms with Gasteiger partial charge in [0.05, 0.1) is 49.6 Å². The van der Waals surface area contributed by atoms with E-state index in [4.69, 9.17) is 20.6 Å². The zero-order valence-corrected chi connectivity index (χ0v) is 52.3. The van der Waals surface area contributed by atoms with E-state index >= 15 is 0 Å². The summed E-state index contributed by atoms with van der Waals surface area (Å²) in [6.45, 7) is 9.00. The number of aryl methyl sites for hydroxylation is 1. The van der Waals surface area contributed by atoms with Gasteiger partial charge < -0.3 is 34.9 Å². The lowest BCUT2D eigenvalue weighted by atomic mass is 9.92. The van der Waals surface area contributed by atoms with Gasteiger partial charge in [-0.2, -0.15) is 15.3 Å². The summed E-state index contributed by atoms with van der Waals surface area (Å²) in [5, 5.41) is 28.3. The van der Waals surface area contributed by atoms with E-state index in [1.807, 2.05) is 50.8 Å². The molecule has 2 aliphatic heterocycles. The summed E-state index contributed by atoms with van der Waals surface area (Å²) in [6.07, 6.45) is 14.5. The number of fused-ring (bicyclic) bond motifs is 1. The average Bonchev–Trinajstić information content (AvgIpc) is 1.22. The standard InChI is InChI=1S/C63H87F2N15O12/c1-3-50-36-63(64,65)37-55(50)57(83)40-67-62(89)53-18-19-66-56-16-15-52(35-54(53)56)92-34-8-7-21-75-30-32-80(33-31-75)60(86)10-6-4-5-9-58(84)74-70-39-51(17-20-68-71-43-72-69-38-49-13-11-48(2)12-14-49)73-59(85)41-76-22-23-77(42-61(87)88)25-27-79(45-91-47-82)29-28-78(26-24-76)44-90-46-81/h1,11-16,18-20,35,38-39,46-47,50-51,55,71-72H,4-10,17,21-34,36-37,40-45H2,2H3,(H,67,89)(H,73,85)(H,74,84)(H,87,88)/b68-20+,69-38+,70-39-/t50-,51?,55?/m0/s1. The highest BCUT2D eigenvalue weighted by atomic mass is 19.3. The van der Waals surface area contributed by atoms with Crippen LogP contribution in [0.5, 0.6) is 5.75 Å². The van der Waals surface area contributed by atoms with Crippen molar-refractivity contribution in [2.24, 2.45) is 27.1 Å². The second-order valence-electron chi connectivity index (χ2n) is 22.8.